The summed E-state index contributed by atoms with van der Waals surface area (Å²) in [6.07, 6.45) is 0.360. The van der Waals surface area contributed by atoms with Gasteiger partial charge in [-0.2, -0.15) is 13.2 Å². The Hall–Kier alpha value is -3.55. The van der Waals surface area contributed by atoms with Crippen LogP contribution < -0.4 is 10.1 Å². The summed E-state index contributed by atoms with van der Waals surface area (Å²) >= 11 is 0. The third-order valence-corrected chi connectivity index (χ3v) is 6.76. The van der Waals surface area contributed by atoms with Crippen LogP contribution in [0.4, 0.5) is 13.2 Å². The molecule has 196 valence electrons. The van der Waals surface area contributed by atoms with Crippen molar-refractivity contribution in [2.75, 3.05) is 20.7 Å². The van der Waals surface area contributed by atoms with E-state index in [0.29, 0.717) is 35.2 Å². The minimum absolute atomic E-state index is 0.124. The minimum Gasteiger partial charge on any atom is -0.497 e. The van der Waals surface area contributed by atoms with E-state index in [1.807, 2.05) is 32.0 Å². The molecule has 0 radical (unpaired) electrons. The SMILES string of the molecule is CN1C=CC1.COc1ccc(C)c(C(=O)NC2(c3cc(CCC(F)(F)F)cc4nc(C)ccc34)CC2)c1. The molecule has 1 saturated carbocycles. The molecule has 1 N–H and O–H groups in total. The molecule has 37 heavy (non-hydrogen) atoms. The summed E-state index contributed by atoms with van der Waals surface area (Å²) in [5.74, 6) is 0.359. The van der Waals surface area contributed by atoms with Gasteiger partial charge in [0.15, 0.2) is 0 Å². The summed E-state index contributed by atoms with van der Waals surface area (Å²) in [4.78, 5) is 19.8. The predicted molar refractivity (Wildman–Crippen MR) is 139 cm³/mol. The van der Waals surface area contributed by atoms with Crippen molar-refractivity contribution < 1.29 is 22.7 Å². The van der Waals surface area contributed by atoms with Gasteiger partial charge < -0.3 is 15.0 Å². The summed E-state index contributed by atoms with van der Waals surface area (Å²) in [6.45, 7) is 4.84. The normalized spacial score (nSPS) is 15.5. The number of nitrogens with one attached hydrogen (secondary N) is 1. The lowest BCUT2D eigenvalue weighted by Crippen LogP contribution is -2.35. The molecule has 0 spiro atoms. The molecule has 0 bridgehead atoms. The fourth-order valence-electron chi connectivity index (χ4n) is 4.38. The maximum atomic E-state index is 13.2. The molecule has 5 nitrogen and oxygen atoms in total. The molecule has 2 heterocycles. The lowest BCUT2D eigenvalue weighted by Gasteiger charge is -2.22. The molecule has 5 rings (SSSR count). The molecule has 2 aliphatic rings. The van der Waals surface area contributed by atoms with Gasteiger partial charge in [0, 0.05) is 36.7 Å². The van der Waals surface area contributed by atoms with Gasteiger partial charge in [-0.3, -0.25) is 9.78 Å². The molecular weight excluding hydrogens is 479 g/mol. The standard InChI is InChI=1S/C25H25F3N2O2.C4H7N/c1-15-4-6-18(32-3)14-20(15)23(31)30-24(10-11-24)21-12-17(8-9-25(26,27)28)13-22-19(21)7-5-16(2)29-22;1-5-3-2-4-5/h4-7,12-14H,8-11H2,1-3H3,(H,30,31);2-3H,4H2,1H3. The number of halogens is 3. The Morgan fingerprint density at radius 3 is 2.41 bits per heavy atom. The Morgan fingerprint density at radius 1 is 1.14 bits per heavy atom. The first-order chi connectivity index (χ1) is 17.5. The van der Waals surface area contributed by atoms with Crippen molar-refractivity contribution >= 4 is 16.8 Å². The van der Waals surface area contributed by atoms with Gasteiger partial charge in [-0.1, -0.05) is 18.2 Å². The van der Waals surface area contributed by atoms with Gasteiger partial charge in [0.25, 0.3) is 5.91 Å². The van der Waals surface area contributed by atoms with Crippen LogP contribution in [0.15, 0.2) is 54.7 Å². The highest BCUT2D eigenvalue weighted by Gasteiger charge is 2.47. The van der Waals surface area contributed by atoms with Gasteiger partial charge in [0.2, 0.25) is 0 Å². The molecule has 3 aromatic rings. The number of hydrogen-bond acceptors (Lipinski definition) is 4. The van der Waals surface area contributed by atoms with Gasteiger partial charge in [0.1, 0.15) is 5.75 Å². The average molecular weight is 512 g/mol. The monoisotopic (exact) mass is 511 g/mol. The van der Waals surface area contributed by atoms with E-state index in [1.165, 1.54) is 0 Å². The maximum Gasteiger partial charge on any atom is 0.389 e. The molecule has 1 aromatic heterocycles. The third kappa shape index (κ3) is 6.42. The van der Waals surface area contributed by atoms with Crippen LogP contribution in [-0.4, -0.2) is 42.7 Å². The molecule has 0 atom stereocenters. The van der Waals surface area contributed by atoms with E-state index < -0.39 is 18.1 Å². The fourth-order valence-corrected chi connectivity index (χ4v) is 4.38. The number of likely N-dealkylation sites (N-methyl/N-ethyl adjacent to an activating group) is 1. The van der Waals surface area contributed by atoms with Crippen LogP contribution in [0.1, 0.15) is 52.0 Å². The van der Waals surface area contributed by atoms with Gasteiger partial charge in [-0.25, -0.2) is 0 Å². The number of rotatable bonds is 6. The average Bonchev–Trinajstić information content (AvgIpc) is 3.61. The van der Waals surface area contributed by atoms with Crippen molar-refractivity contribution in [3.63, 3.8) is 0 Å². The highest BCUT2D eigenvalue weighted by atomic mass is 19.4. The molecular formula is C29H32F3N3O2. The first-order valence-corrected chi connectivity index (χ1v) is 12.3. The number of amides is 1. The second-order valence-electron chi connectivity index (χ2n) is 9.82. The van der Waals surface area contributed by atoms with Gasteiger partial charge >= 0.3 is 6.18 Å². The Balaban J connectivity index is 0.000000572. The Bertz CT molecular complexity index is 1330. The van der Waals surface area contributed by atoms with E-state index >= 15 is 0 Å². The molecule has 8 heteroatoms. The summed E-state index contributed by atoms with van der Waals surface area (Å²) in [5, 5.41) is 4.01. The lowest BCUT2D eigenvalue weighted by molar-refractivity contribution is -0.134. The first kappa shape index (κ1) is 26.5. The second-order valence-corrected chi connectivity index (χ2v) is 9.82. The quantitative estimate of drug-likeness (QED) is 0.427. The molecule has 0 saturated heterocycles. The van der Waals surface area contributed by atoms with Crippen molar-refractivity contribution in [3.05, 3.63) is 82.7 Å². The molecule has 2 aromatic carbocycles. The molecule has 1 aliphatic heterocycles. The zero-order valence-corrected chi connectivity index (χ0v) is 21.6. The minimum atomic E-state index is -4.23. The van der Waals surface area contributed by atoms with Crippen molar-refractivity contribution in [2.45, 2.75) is 51.2 Å². The Labute approximate surface area is 215 Å². The third-order valence-electron chi connectivity index (χ3n) is 6.76. The number of nitrogens with zero attached hydrogens (tertiary/aromatic N) is 2. The number of alkyl halides is 3. The van der Waals surface area contributed by atoms with Crippen molar-refractivity contribution in [1.82, 2.24) is 15.2 Å². The number of aryl methyl sites for hydroxylation is 3. The molecule has 1 fully saturated rings. The van der Waals surface area contributed by atoms with Crippen LogP contribution in [0.25, 0.3) is 10.9 Å². The number of fused-ring (bicyclic) bond motifs is 1. The second kappa shape index (κ2) is 10.4. The Kier molecular flexibility index (Phi) is 7.48. The van der Waals surface area contributed by atoms with E-state index in [4.69, 9.17) is 4.74 Å². The zero-order chi connectivity index (χ0) is 26.8. The van der Waals surface area contributed by atoms with Crippen molar-refractivity contribution in [3.8, 4) is 5.75 Å². The van der Waals surface area contributed by atoms with Gasteiger partial charge in [-0.05, 0) is 86.3 Å². The summed E-state index contributed by atoms with van der Waals surface area (Å²) in [6, 6.07) is 12.7. The number of carbonyl (C=O) groups excluding carboxylic acids is 1. The topological polar surface area (TPSA) is 54.5 Å². The number of methoxy groups -OCH3 is 1. The number of aromatic nitrogens is 1. The van der Waals surface area contributed by atoms with Crippen LogP contribution in [0.3, 0.4) is 0 Å². The van der Waals surface area contributed by atoms with Crippen LogP contribution >= 0.6 is 0 Å². The molecule has 1 amide bonds. The highest BCUT2D eigenvalue weighted by Crippen LogP contribution is 2.48. The van der Waals surface area contributed by atoms with E-state index in [2.05, 4.69) is 34.5 Å². The van der Waals surface area contributed by atoms with E-state index in [1.54, 1.807) is 31.4 Å². The number of carbonyl (C=O) groups is 1. The number of hydrogen-bond donors (Lipinski definition) is 1. The largest absolute Gasteiger partial charge is 0.497 e. The lowest BCUT2D eigenvalue weighted by atomic mass is 9.94. The molecule has 1 aliphatic carbocycles. The smallest absolute Gasteiger partial charge is 0.389 e. The predicted octanol–water partition coefficient (Wildman–Crippen LogP) is 6.22. The number of pyridine rings is 1. The van der Waals surface area contributed by atoms with E-state index in [0.717, 1.165) is 28.8 Å². The van der Waals surface area contributed by atoms with Crippen LogP contribution in [-0.2, 0) is 12.0 Å². The summed E-state index contributed by atoms with van der Waals surface area (Å²) in [5.41, 5.74) is 3.56. The van der Waals surface area contributed by atoms with Crippen molar-refractivity contribution in [1.29, 1.82) is 0 Å². The van der Waals surface area contributed by atoms with E-state index in [9.17, 15) is 18.0 Å². The maximum absolute atomic E-state index is 13.2. The highest BCUT2D eigenvalue weighted by molar-refractivity contribution is 5.97. The van der Waals surface area contributed by atoms with E-state index in [-0.39, 0.29) is 12.3 Å². The van der Waals surface area contributed by atoms with Crippen LogP contribution in [0.2, 0.25) is 0 Å². The summed E-state index contributed by atoms with van der Waals surface area (Å²) < 4.78 is 43.8. The summed E-state index contributed by atoms with van der Waals surface area (Å²) in [7, 11) is 3.60. The van der Waals surface area contributed by atoms with Crippen LogP contribution in [0, 0.1) is 13.8 Å². The van der Waals surface area contributed by atoms with Crippen LogP contribution in [0.5, 0.6) is 5.75 Å². The number of benzene rings is 2. The number of ether oxygens (including phenoxy) is 1. The fraction of sp³-hybridized carbons (Fsp3) is 0.379. The zero-order valence-electron chi connectivity index (χ0n) is 21.6. The van der Waals surface area contributed by atoms with Gasteiger partial charge in [-0.15, -0.1) is 0 Å². The molecule has 0 unspecified atom stereocenters. The Morgan fingerprint density at radius 2 is 1.84 bits per heavy atom. The van der Waals surface area contributed by atoms with Gasteiger partial charge in [0.05, 0.1) is 18.2 Å². The van der Waals surface area contributed by atoms with Crippen molar-refractivity contribution in [2.24, 2.45) is 0 Å². The first-order valence-electron chi connectivity index (χ1n) is 12.3.